The highest BCUT2D eigenvalue weighted by molar-refractivity contribution is 6.42. The van der Waals surface area contributed by atoms with Gasteiger partial charge < -0.3 is 10.2 Å². The number of hydrogen-bond acceptors (Lipinski definition) is 4. The van der Waals surface area contributed by atoms with Crippen LogP contribution < -0.4 is 10.9 Å². The van der Waals surface area contributed by atoms with Crippen molar-refractivity contribution >= 4 is 45.9 Å². The molecule has 5 atom stereocenters. The summed E-state index contributed by atoms with van der Waals surface area (Å²) < 4.78 is 1.34. The second-order valence-corrected chi connectivity index (χ2v) is 10.7. The third kappa shape index (κ3) is 3.81. The summed E-state index contributed by atoms with van der Waals surface area (Å²) in [6.45, 7) is 2.67. The Bertz CT molecular complexity index is 1440. The van der Waals surface area contributed by atoms with Gasteiger partial charge in [0.1, 0.15) is 6.54 Å². The number of nitrogens with zero attached hydrogens (tertiary/aromatic N) is 3. The Morgan fingerprint density at radius 1 is 1.11 bits per heavy atom. The maximum absolute atomic E-state index is 13.2. The summed E-state index contributed by atoms with van der Waals surface area (Å²) in [5.41, 5.74) is 2.32. The van der Waals surface area contributed by atoms with Gasteiger partial charge in [0.25, 0.3) is 5.56 Å². The van der Waals surface area contributed by atoms with Gasteiger partial charge in [-0.2, -0.15) is 0 Å². The lowest BCUT2D eigenvalue weighted by Gasteiger charge is -2.23. The zero-order valence-electron chi connectivity index (χ0n) is 19.1. The van der Waals surface area contributed by atoms with Crippen LogP contribution in [-0.4, -0.2) is 38.9 Å². The van der Waals surface area contributed by atoms with Crippen molar-refractivity contribution in [3.63, 3.8) is 0 Å². The molecule has 3 fully saturated rings. The van der Waals surface area contributed by atoms with E-state index in [2.05, 4.69) is 16.4 Å². The van der Waals surface area contributed by atoms with Crippen molar-refractivity contribution in [3.05, 3.63) is 74.3 Å². The van der Waals surface area contributed by atoms with Crippen LogP contribution in [0.1, 0.15) is 30.4 Å². The van der Waals surface area contributed by atoms with Crippen molar-refractivity contribution in [3.8, 4) is 0 Å². The van der Waals surface area contributed by atoms with E-state index in [1.807, 2.05) is 17.0 Å². The Morgan fingerprint density at radius 2 is 1.94 bits per heavy atom. The van der Waals surface area contributed by atoms with Crippen LogP contribution in [0.4, 0.5) is 0 Å². The van der Waals surface area contributed by atoms with Crippen LogP contribution in [0.2, 0.25) is 10.0 Å². The van der Waals surface area contributed by atoms with Gasteiger partial charge in [-0.1, -0.05) is 35.3 Å². The van der Waals surface area contributed by atoms with Gasteiger partial charge in [0.15, 0.2) is 0 Å². The molecule has 3 aliphatic rings. The van der Waals surface area contributed by atoms with Crippen LogP contribution in [-0.2, 0) is 22.7 Å². The number of carbonyl (C=O) groups excluding carboxylic acids is 2. The highest BCUT2D eigenvalue weighted by atomic mass is 35.5. The number of aromatic nitrogens is 2. The molecule has 2 aliphatic carbocycles. The number of amides is 2. The maximum Gasteiger partial charge on any atom is 0.261 e. The largest absolute Gasteiger partial charge is 0.350 e. The third-order valence-corrected chi connectivity index (χ3v) is 8.71. The first-order valence-electron chi connectivity index (χ1n) is 11.8. The van der Waals surface area contributed by atoms with Crippen molar-refractivity contribution in [1.29, 1.82) is 0 Å². The second kappa shape index (κ2) is 8.35. The Labute approximate surface area is 212 Å². The number of rotatable bonds is 5. The number of likely N-dealkylation sites (tertiary alicyclic amines) is 1. The molecule has 2 heterocycles. The van der Waals surface area contributed by atoms with Crippen LogP contribution in [0.5, 0.6) is 0 Å². The first-order chi connectivity index (χ1) is 16.8. The van der Waals surface area contributed by atoms with Gasteiger partial charge in [-0.25, -0.2) is 4.98 Å². The molecule has 2 aromatic carbocycles. The Balaban J connectivity index is 1.19. The molecule has 2 amide bonds. The fourth-order valence-corrected chi connectivity index (χ4v) is 6.67. The predicted octanol–water partition coefficient (Wildman–Crippen LogP) is 3.60. The van der Waals surface area contributed by atoms with Gasteiger partial charge in [-0.15, -0.1) is 0 Å². The quantitative estimate of drug-likeness (QED) is 0.568. The summed E-state index contributed by atoms with van der Waals surface area (Å²) in [6.07, 6.45) is 2.36. The Morgan fingerprint density at radius 3 is 2.69 bits per heavy atom. The van der Waals surface area contributed by atoms with E-state index in [4.69, 9.17) is 23.2 Å². The van der Waals surface area contributed by atoms with Gasteiger partial charge in [-0.3, -0.25) is 19.0 Å². The normalized spacial score (nSPS) is 26.1. The zero-order chi connectivity index (χ0) is 24.4. The van der Waals surface area contributed by atoms with Crippen LogP contribution in [0.3, 0.4) is 0 Å². The van der Waals surface area contributed by atoms with Crippen LogP contribution in [0, 0.1) is 17.8 Å². The molecule has 0 radical (unpaired) electrons. The van der Waals surface area contributed by atoms with Gasteiger partial charge in [-0.05, 0) is 65.5 Å². The molecule has 9 heteroatoms. The lowest BCUT2D eigenvalue weighted by atomic mass is 9.91. The van der Waals surface area contributed by atoms with Crippen molar-refractivity contribution in [2.75, 3.05) is 6.54 Å². The average molecular weight is 511 g/mol. The van der Waals surface area contributed by atoms with Crippen LogP contribution in [0.15, 0.2) is 47.5 Å². The fourth-order valence-electron chi connectivity index (χ4n) is 6.35. The SMILES string of the molecule is CC(=O)N1CC2C3C(c4ccc5ncn(CC(=O)NCc6ccc(Cl)c(Cl)c6)c(=O)c5c4)CC1C23. The van der Waals surface area contributed by atoms with Gasteiger partial charge >= 0.3 is 0 Å². The Hall–Kier alpha value is -2.90. The van der Waals surface area contributed by atoms with E-state index in [1.54, 1.807) is 25.1 Å². The molecule has 35 heavy (non-hydrogen) atoms. The summed E-state index contributed by atoms with van der Waals surface area (Å²) >= 11 is 12.0. The minimum Gasteiger partial charge on any atom is -0.350 e. The maximum atomic E-state index is 13.2. The predicted molar refractivity (Wildman–Crippen MR) is 133 cm³/mol. The average Bonchev–Trinajstić information content (AvgIpc) is 3.27. The Kier molecular flexibility index (Phi) is 5.38. The topological polar surface area (TPSA) is 84.3 Å². The van der Waals surface area contributed by atoms with Crippen LogP contribution in [0.25, 0.3) is 10.9 Å². The van der Waals surface area contributed by atoms with Gasteiger partial charge in [0, 0.05) is 26.1 Å². The minimum absolute atomic E-state index is 0.126. The van der Waals surface area contributed by atoms with E-state index in [9.17, 15) is 14.4 Å². The second-order valence-electron chi connectivity index (χ2n) is 9.88. The smallest absolute Gasteiger partial charge is 0.261 e. The molecular formula is C26H24Cl2N4O3. The molecule has 2 saturated carbocycles. The monoisotopic (exact) mass is 510 g/mol. The van der Waals surface area contributed by atoms with E-state index < -0.39 is 0 Å². The number of benzene rings is 2. The van der Waals surface area contributed by atoms with Gasteiger partial charge in [0.2, 0.25) is 11.8 Å². The zero-order valence-corrected chi connectivity index (χ0v) is 20.6. The number of piperidine rings is 1. The number of fused-ring (bicyclic) bond motifs is 2. The van der Waals surface area contributed by atoms with Crippen LogP contribution >= 0.6 is 23.2 Å². The van der Waals surface area contributed by atoms with E-state index >= 15 is 0 Å². The van der Waals surface area contributed by atoms with E-state index in [-0.39, 0.29) is 30.5 Å². The lowest BCUT2D eigenvalue weighted by Crippen LogP contribution is -2.35. The number of carbonyl (C=O) groups is 2. The molecule has 3 aromatic rings. The number of hydrogen-bond donors (Lipinski definition) is 1. The standard InChI is InChI=1S/C26H24Cl2N4O3/c1-13(33)32-10-18-24-16(8-22(32)25(18)24)15-3-5-21-17(7-15)26(35)31(12-30-21)11-23(34)29-9-14-2-4-19(27)20(28)6-14/h2-7,12,16,18,22,24-25H,8-11H2,1H3,(H,29,34). The molecule has 1 saturated heterocycles. The molecule has 6 rings (SSSR count). The van der Waals surface area contributed by atoms with Crippen molar-refractivity contribution in [2.45, 2.75) is 38.4 Å². The molecule has 0 bridgehead atoms. The highest BCUT2D eigenvalue weighted by Gasteiger charge is 2.69. The molecule has 1 aliphatic heterocycles. The summed E-state index contributed by atoms with van der Waals surface area (Å²) in [6, 6.07) is 11.4. The molecular weight excluding hydrogens is 487 g/mol. The third-order valence-electron chi connectivity index (χ3n) is 7.97. The minimum atomic E-state index is -0.298. The van der Waals surface area contributed by atoms with E-state index in [1.165, 1.54) is 10.9 Å². The fraction of sp³-hybridized carbons (Fsp3) is 0.385. The highest BCUT2D eigenvalue weighted by Crippen LogP contribution is 2.68. The molecule has 0 spiro atoms. The van der Waals surface area contributed by atoms with Crippen molar-refractivity contribution in [1.82, 2.24) is 19.8 Å². The molecule has 7 nitrogen and oxygen atoms in total. The first-order valence-corrected chi connectivity index (χ1v) is 12.5. The summed E-state index contributed by atoms with van der Waals surface area (Å²) in [7, 11) is 0. The van der Waals surface area contributed by atoms with Crippen molar-refractivity contribution in [2.24, 2.45) is 17.8 Å². The summed E-state index contributed by atoms with van der Waals surface area (Å²) in [4.78, 5) is 44.2. The molecule has 180 valence electrons. The number of halogens is 2. The van der Waals surface area contributed by atoms with Gasteiger partial charge in [0.05, 0.1) is 27.3 Å². The van der Waals surface area contributed by atoms with Crippen molar-refractivity contribution < 1.29 is 9.59 Å². The van der Waals surface area contributed by atoms with E-state index in [0.717, 1.165) is 24.1 Å². The lowest BCUT2D eigenvalue weighted by molar-refractivity contribution is -0.130. The van der Waals surface area contributed by atoms with E-state index in [0.29, 0.717) is 50.7 Å². The number of nitrogens with one attached hydrogen (secondary N) is 1. The summed E-state index contributed by atoms with van der Waals surface area (Å²) in [5, 5.41) is 4.20. The molecule has 1 aromatic heterocycles. The molecule has 5 unspecified atom stereocenters. The molecule has 1 N–H and O–H groups in total. The first kappa shape index (κ1) is 22.6. The summed E-state index contributed by atoms with van der Waals surface area (Å²) in [5.74, 6) is 2.00.